The molecule has 8 heteroatoms. The number of hydrogen-bond donors (Lipinski definition) is 1. The second-order valence-corrected chi connectivity index (χ2v) is 6.22. The first-order chi connectivity index (χ1) is 14.5. The van der Waals surface area contributed by atoms with Crippen LogP contribution in [0.3, 0.4) is 0 Å². The summed E-state index contributed by atoms with van der Waals surface area (Å²) < 4.78 is 26.2. The first kappa shape index (κ1) is 22.9. The highest BCUT2D eigenvalue weighted by Gasteiger charge is 2.22. The van der Waals surface area contributed by atoms with Crippen molar-refractivity contribution in [1.29, 1.82) is 0 Å². The van der Waals surface area contributed by atoms with Crippen LogP contribution in [-0.4, -0.2) is 46.9 Å². The van der Waals surface area contributed by atoms with Crippen molar-refractivity contribution in [1.82, 2.24) is 5.32 Å². The van der Waals surface area contributed by atoms with Crippen molar-refractivity contribution in [2.24, 2.45) is 0 Å². The molecular weight excluding hydrogens is 390 g/mol. The van der Waals surface area contributed by atoms with Gasteiger partial charge in [0, 0.05) is 5.56 Å². The third-order valence-corrected chi connectivity index (χ3v) is 4.44. The Labute approximate surface area is 176 Å². The van der Waals surface area contributed by atoms with Crippen molar-refractivity contribution in [2.75, 3.05) is 35.0 Å². The maximum absolute atomic E-state index is 12.9. The predicted octanol–water partition coefficient (Wildman–Crippen LogP) is 3.15. The second-order valence-electron chi connectivity index (χ2n) is 6.22. The van der Waals surface area contributed by atoms with Gasteiger partial charge in [-0.2, -0.15) is 0 Å². The lowest BCUT2D eigenvalue weighted by atomic mass is 10.0. The van der Waals surface area contributed by atoms with Crippen molar-refractivity contribution in [2.45, 2.75) is 19.4 Å². The molecule has 0 radical (unpaired) electrons. The van der Waals surface area contributed by atoms with E-state index in [2.05, 4.69) is 5.32 Å². The topological polar surface area (TPSA) is 92.3 Å². The van der Waals surface area contributed by atoms with E-state index in [0.29, 0.717) is 40.7 Å². The highest BCUT2D eigenvalue weighted by Crippen LogP contribution is 2.32. The minimum atomic E-state index is -0.637. The minimum Gasteiger partial charge on any atom is -0.493 e. The van der Waals surface area contributed by atoms with E-state index in [1.165, 1.54) is 28.4 Å². The van der Waals surface area contributed by atoms with E-state index >= 15 is 0 Å². The number of esters is 1. The van der Waals surface area contributed by atoms with E-state index in [9.17, 15) is 9.59 Å². The molecule has 0 aromatic heterocycles. The lowest BCUT2D eigenvalue weighted by molar-refractivity contribution is -0.141. The van der Waals surface area contributed by atoms with Gasteiger partial charge < -0.3 is 29.0 Å². The maximum atomic E-state index is 12.9. The predicted molar refractivity (Wildman–Crippen MR) is 111 cm³/mol. The first-order valence-corrected chi connectivity index (χ1v) is 9.37. The highest BCUT2D eigenvalue weighted by molar-refractivity contribution is 5.95. The summed E-state index contributed by atoms with van der Waals surface area (Å²) in [5, 5.41) is 2.88. The fourth-order valence-electron chi connectivity index (χ4n) is 2.90. The van der Waals surface area contributed by atoms with Crippen LogP contribution in [0.2, 0.25) is 0 Å². The van der Waals surface area contributed by atoms with Crippen LogP contribution in [-0.2, 0) is 9.53 Å². The number of carbonyl (C=O) groups excluding carboxylic acids is 2. The van der Waals surface area contributed by atoms with Crippen LogP contribution in [0, 0.1) is 0 Å². The van der Waals surface area contributed by atoms with Gasteiger partial charge in [-0.3, -0.25) is 9.59 Å². The summed E-state index contributed by atoms with van der Waals surface area (Å²) in [6.45, 7) is 2.27. The molecule has 0 heterocycles. The van der Waals surface area contributed by atoms with Crippen molar-refractivity contribution < 1.29 is 33.3 Å². The van der Waals surface area contributed by atoms with Gasteiger partial charge >= 0.3 is 5.97 Å². The average molecular weight is 417 g/mol. The number of nitrogens with one attached hydrogen (secondary N) is 1. The molecule has 1 unspecified atom stereocenters. The summed E-state index contributed by atoms with van der Waals surface area (Å²) in [5.74, 6) is 1.19. The second kappa shape index (κ2) is 10.9. The van der Waals surface area contributed by atoms with Crippen molar-refractivity contribution in [3.05, 3.63) is 47.5 Å². The van der Waals surface area contributed by atoms with Gasteiger partial charge in [-0.15, -0.1) is 0 Å². The smallest absolute Gasteiger partial charge is 0.307 e. The van der Waals surface area contributed by atoms with Gasteiger partial charge in [0.15, 0.2) is 23.0 Å². The van der Waals surface area contributed by atoms with Crippen LogP contribution in [0.4, 0.5) is 0 Å². The Kier molecular flexibility index (Phi) is 8.34. The molecule has 30 heavy (non-hydrogen) atoms. The van der Waals surface area contributed by atoms with Gasteiger partial charge in [0.2, 0.25) is 0 Å². The molecule has 1 atom stereocenters. The van der Waals surface area contributed by atoms with Crippen LogP contribution in [0.15, 0.2) is 36.4 Å². The SMILES string of the molecule is CCOc1cc(C(=O)NC(CC(=O)OC)c2ccc(OC)c(OC)c2)ccc1OC. The summed E-state index contributed by atoms with van der Waals surface area (Å²) in [4.78, 5) is 24.9. The molecule has 0 aliphatic rings. The molecular formula is C22H27NO7. The molecule has 1 amide bonds. The standard InChI is InChI=1S/C22H27NO7/c1-6-30-20-12-15(8-10-18(20)27-3)22(25)23-16(13-21(24)29-5)14-7-9-17(26-2)19(11-14)28-4/h7-12,16H,6,13H2,1-5H3,(H,23,25). The number of hydrogen-bond acceptors (Lipinski definition) is 7. The summed E-state index contributed by atoms with van der Waals surface area (Å²) in [7, 11) is 5.88. The van der Waals surface area contributed by atoms with Crippen LogP contribution >= 0.6 is 0 Å². The van der Waals surface area contributed by atoms with Gasteiger partial charge in [0.05, 0.1) is 47.5 Å². The Hall–Kier alpha value is -3.42. The largest absolute Gasteiger partial charge is 0.493 e. The van der Waals surface area contributed by atoms with E-state index < -0.39 is 12.0 Å². The fourth-order valence-corrected chi connectivity index (χ4v) is 2.90. The first-order valence-electron chi connectivity index (χ1n) is 9.37. The van der Waals surface area contributed by atoms with Gasteiger partial charge in [0.1, 0.15) is 0 Å². The molecule has 0 aliphatic heterocycles. The molecule has 8 nitrogen and oxygen atoms in total. The van der Waals surface area contributed by atoms with Crippen molar-refractivity contribution in [3.63, 3.8) is 0 Å². The van der Waals surface area contributed by atoms with E-state index in [0.717, 1.165) is 0 Å². The summed E-state index contributed by atoms with van der Waals surface area (Å²) in [6, 6.07) is 9.43. The number of methoxy groups -OCH3 is 4. The van der Waals surface area contributed by atoms with Crippen LogP contribution in [0.1, 0.15) is 35.3 Å². The Morgan fingerprint density at radius 1 is 0.867 bits per heavy atom. The van der Waals surface area contributed by atoms with Gasteiger partial charge in [-0.25, -0.2) is 0 Å². The molecule has 0 fully saturated rings. The van der Waals surface area contributed by atoms with E-state index in [1.807, 2.05) is 6.92 Å². The number of rotatable bonds is 10. The number of amides is 1. The average Bonchev–Trinajstić information content (AvgIpc) is 2.77. The molecule has 0 spiro atoms. The molecule has 2 rings (SSSR count). The summed E-state index contributed by atoms with van der Waals surface area (Å²) >= 11 is 0. The zero-order chi connectivity index (χ0) is 22.1. The number of benzene rings is 2. The lowest BCUT2D eigenvalue weighted by Crippen LogP contribution is -2.30. The lowest BCUT2D eigenvalue weighted by Gasteiger charge is -2.20. The molecule has 0 aliphatic carbocycles. The molecule has 2 aromatic carbocycles. The third-order valence-electron chi connectivity index (χ3n) is 4.44. The maximum Gasteiger partial charge on any atom is 0.307 e. The van der Waals surface area contributed by atoms with Crippen molar-refractivity contribution >= 4 is 11.9 Å². The van der Waals surface area contributed by atoms with Crippen LogP contribution in [0.5, 0.6) is 23.0 Å². The van der Waals surface area contributed by atoms with Gasteiger partial charge in [-0.05, 0) is 42.8 Å². The zero-order valence-electron chi connectivity index (χ0n) is 17.8. The number of carbonyl (C=O) groups is 2. The van der Waals surface area contributed by atoms with Crippen LogP contribution < -0.4 is 24.3 Å². The molecule has 0 saturated heterocycles. The monoisotopic (exact) mass is 417 g/mol. The molecule has 0 bridgehead atoms. The summed E-state index contributed by atoms with van der Waals surface area (Å²) in [6.07, 6.45) is -0.0494. The van der Waals surface area contributed by atoms with E-state index in [1.54, 1.807) is 36.4 Å². The molecule has 162 valence electrons. The quantitative estimate of drug-likeness (QED) is 0.594. The van der Waals surface area contributed by atoms with E-state index in [-0.39, 0.29) is 12.3 Å². The molecule has 0 saturated carbocycles. The minimum absolute atomic E-state index is 0.0494. The van der Waals surface area contributed by atoms with E-state index in [4.69, 9.17) is 23.7 Å². The van der Waals surface area contributed by atoms with Gasteiger partial charge in [-0.1, -0.05) is 6.07 Å². The Morgan fingerprint density at radius 3 is 2.10 bits per heavy atom. The zero-order valence-corrected chi connectivity index (χ0v) is 17.8. The fraction of sp³-hybridized carbons (Fsp3) is 0.364. The van der Waals surface area contributed by atoms with Crippen molar-refractivity contribution in [3.8, 4) is 23.0 Å². The van der Waals surface area contributed by atoms with Crippen LogP contribution in [0.25, 0.3) is 0 Å². The third kappa shape index (κ3) is 5.56. The Morgan fingerprint density at radius 2 is 1.50 bits per heavy atom. The Bertz CT molecular complexity index is 882. The van der Waals surface area contributed by atoms with Gasteiger partial charge in [0.25, 0.3) is 5.91 Å². The normalized spacial score (nSPS) is 11.2. The molecule has 1 N–H and O–H groups in total. The number of ether oxygens (including phenoxy) is 5. The Balaban J connectivity index is 2.33. The molecule has 2 aromatic rings. The summed E-state index contributed by atoms with van der Waals surface area (Å²) in [5.41, 5.74) is 1.04. The highest BCUT2D eigenvalue weighted by atomic mass is 16.5.